The summed E-state index contributed by atoms with van der Waals surface area (Å²) >= 11 is 0. The minimum Gasteiger partial charge on any atom is -0.348 e. The lowest BCUT2D eigenvalue weighted by Crippen LogP contribution is -2.32. The molecule has 0 aliphatic heterocycles. The van der Waals surface area contributed by atoms with Crippen LogP contribution in [-0.4, -0.2) is 16.7 Å². The second-order valence-corrected chi connectivity index (χ2v) is 4.59. The predicted molar refractivity (Wildman–Crippen MR) is 72.0 cm³/mol. The average Bonchev–Trinajstić information content (AvgIpc) is 2.64. The Labute approximate surface area is 110 Å². The first-order chi connectivity index (χ1) is 9.00. The van der Waals surface area contributed by atoms with Crippen LogP contribution in [0.15, 0.2) is 39.6 Å². The highest BCUT2D eigenvalue weighted by molar-refractivity contribution is 5.99. The van der Waals surface area contributed by atoms with Crippen molar-refractivity contribution < 1.29 is 9.32 Å². The molecule has 0 spiro atoms. The van der Waals surface area contributed by atoms with E-state index in [2.05, 4.69) is 5.32 Å². The van der Waals surface area contributed by atoms with Crippen LogP contribution in [0.25, 0.3) is 11.1 Å². The molecule has 0 bridgehead atoms. The molecule has 5 heteroatoms. The van der Waals surface area contributed by atoms with Crippen molar-refractivity contribution in [2.75, 3.05) is 0 Å². The molecular formula is C14H16N2O3. The van der Waals surface area contributed by atoms with Gasteiger partial charge in [0.1, 0.15) is 5.56 Å². The van der Waals surface area contributed by atoms with Crippen LogP contribution in [-0.2, 0) is 7.05 Å². The number of nitrogens with one attached hydrogen (secondary N) is 1. The lowest BCUT2D eigenvalue weighted by atomic mass is 10.1. The third-order valence-electron chi connectivity index (χ3n) is 2.67. The van der Waals surface area contributed by atoms with Gasteiger partial charge < -0.3 is 9.84 Å². The molecule has 1 N–H and O–H groups in total. The number of aryl methyl sites for hydroxylation is 1. The summed E-state index contributed by atoms with van der Waals surface area (Å²) in [6.45, 7) is 3.72. The topological polar surface area (TPSA) is 64.2 Å². The van der Waals surface area contributed by atoms with E-state index in [0.717, 1.165) is 0 Å². The van der Waals surface area contributed by atoms with Crippen molar-refractivity contribution in [1.29, 1.82) is 0 Å². The normalized spacial score (nSPS) is 10.7. The van der Waals surface area contributed by atoms with Crippen LogP contribution >= 0.6 is 0 Å². The van der Waals surface area contributed by atoms with Gasteiger partial charge in [-0.05, 0) is 19.4 Å². The molecule has 19 heavy (non-hydrogen) atoms. The fourth-order valence-electron chi connectivity index (χ4n) is 1.92. The SMILES string of the molecule is CC(C)NC(=O)c1c(-c2ccccc2)c(=O)on1C. The van der Waals surface area contributed by atoms with E-state index in [0.29, 0.717) is 11.1 Å². The maximum Gasteiger partial charge on any atom is 0.366 e. The Bertz CT molecular complexity index is 638. The van der Waals surface area contributed by atoms with Gasteiger partial charge in [0.25, 0.3) is 5.91 Å². The van der Waals surface area contributed by atoms with Crippen LogP contribution in [0.4, 0.5) is 0 Å². The van der Waals surface area contributed by atoms with E-state index >= 15 is 0 Å². The van der Waals surface area contributed by atoms with Crippen LogP contribution in [0.2, 0.25) is 0 Å². The van der Waals surface area contributed by atoms with Gasteiger partial charge in [-0.25, -0.2) is 9.53 Å². The minimum absolute atomic E-state index is 0.0128. The number of nitrogens with zero attached hydrogens (tertiary/aromatic N) is 1. The Balaban J connectivity index is 2.56. The van der Waals surface area contributed by atoms with E-state index in [9.17, 15) is 9.59 Å². The van der Waals surface area contributed by atoms with E-state index in [1.165, 1.54) is 4.74 Å². The van der Waals surface area contributed by atoms with Gasteiger partial charge in [0.05, 0.1) is 0 Å². The molecule has 0 saturated heterocycles. The molecule has 0 atom stereocenters. The average molecular weight is 260 g/mol. The lowest BCUT2D eigenvalue weighted by molar-refractivity contribution is 0.0923. The largest absolute Gasteiger partial charge is 0.366 e. The fraction of sp³-hybridized carbons (Fsp3) is 0.286. The van der Waals surface area contributed by atoms with Crippen LogP contribution in [0.5, 0.6) is 0 Å². The van der Waals surface area contributed by atoms with E-state index in [4.69, 9.17) is 4.52 Å². The number of hydrogen-bond donors (Lipinski definition) is 1. The Morgan fingerprint density at radius 2 is 1.89 bits per heavy atom. The molecule has 0 radical (unpaired) electrons. The molecule has 0 fully saturated rings. The van der Waals surface area contributed by atoms with E-state index in [-0.39, 0.29) is 17.6 Å². The quantitative estimate of drug-likeness (QED) is 0.915. The van der Waals surface area contributed by atoms with Crippen molar-refractivity contribution >= 4 is 5.91 Å². The molecule has 100 valence electrons. The first-order valence-electron chi connectivity index (χ1n) is 6.07. The van der Waals surface area contributed by atoms with E-state index in [1.54, 1.807) is 19.2 Å². The highest BCUT2D eigenvalue weighted by Gasteiger charge is 2.23. The Morgan fingerprint density at radius 1 is 1.26 bits per heavy atom. The van der Waals surface area contributed by atoms with Crippen LogP contribution in [0.1, 0.15) is 24.3 Å². The summed E-state index contributed by atoms with van der Waals surface area (Å²) < 4.78 is 6.21. The third-order valence-corrected chi connectivity index (χ3v) is 2.67. The number of hydrogen-bond acceptors (Lipinski definition) is 3. The Kier molecular flexibility index (Phi) is 3.55. The van der Waals surface area contributed by atoms with Crippen molar-refractivity contribution in [1.82, 2.24) is 10.1 Å². The molecule has 0 aliphatic rings. The summed E-state index contributed by atoms with van der Waals surface area (Å²) in [5, 5.41) is 2.76. The minimum atomic E-state index is -0.511. The monoisotopic (exact) mass is 260 g/mol. The number of carbonyl (C=O) groups excluding carboxylic acids is 1. The maximum atomic E-state index is 12.2. The van der Waals surface area contributed by atoms with Gasteiger partial charge in [-0.1, -0.05) is 30.3 Å². The van der Waals surface area contributed by atoms with Crippen molar-refractivity contribution in [2.24, 2.45) is 7.05 Å². The summed E-state index contributed by atoms with van der Waals surface area (Å²) in [6.07, 6.45) is 0. The highest BCUT2D eigenvalue weighted by Crippen LogP contribution is 2.20. The van der Waals surface area contributed by atoms with Gasteiger partial charge >= 0.3 is 5.63 Å². The van der Waals surface area contributed by atoms with Gasteiger partial charge in [0.2, 0.25) is 0 Å². The van der Waals surface area contributed by atoms with Crippen LogP contribution in [0, 0.1) is 0 Å². The summed E-state index contributed by atoms with van der Waals surface area (Å²) in [7, 11) is 1.54. The Morgan fingerprint density at radius 3 is 2.47 bits per heavy atom. The molecule has 0 saturated carbocycles. The second kappa shape index (κ2) is 5.14. The molecule has 1 aromatic carbocycles. The van der Waals surface area contributed by atoms with E-state index in [1.807, 2.05) is 32.0 Å². The highest BCUT2D eigenvalue weighted by atomic mass is 16.5. The second-order valence-electron chi connectivity index (χ2n) is 4.59. The molecule has 5 nitrogen and oxygen atoms in total. The first-order valence-corrected chi connectivity index (χ1v) is 6.07. The van der Waals surface area contributed by atoms with Crippen molar-refractivity contribution in [3.8, 4) is 11.1 Å². The van der Waals surface area contributed by atoms with E-state index < -0.39 is 5.63 Å². The molecule has 0 unspecified atom stereocenters. The van der Waals surface area contributed by atoms with Crippen LogP contribution < -0.4 is 10.9 Å². The number of carbonyl (C=O) groups is 1. The van der Waals surface area contributed by atoms with Crippen molar-refractivity contribution in [3.05, 3.63) is 46.4 Å². The summed E-state index contributed by atoms with van der Waals surface area (Å²) in [5.74, 6) is -0.317. The molecule has 1 heterocycles. The van der Waals surface area contributed by atoms with Gasteiger partial charge in [-0.2, -0.15) is 0 Å². The van der Waals surface area contributed by atoms with Gasteiger partial charge in [0, 0.05) is 13.1 Å². The van der Waals surface area contributed by atoms with Crippen molar-refractivity contribution in [3.63, 3.8) is 0 Å². The van der Waals surface area contributed by atoms with Gasteiger partial charge in [0.15, 0.2) is 5.69 Å². The predicted octanol–water partition coefficient (Wildman–Crippen LogP) is 1.78. The van der Waals surface area contributed by atoms with Gasteiger partial charge in [-0.15, -0.1) is 0 Å². The summed E-state index contributed by atoms with van der Waals surface area (Å²) in [4.78, 5) is 24.0. The number of rotatable bonds is 3. The molecule has 2 rings (SSSR count). The summed E-state index contributed by atoms with van der Waals surface area (Å²) in [5.41, 5.74) is 0.694. The fourth-order valence-corrected chi connectivity index (χ4v) is 1.92. The number of aromatic nitrogens is 1. The van der Waals surface area contributed by atoms with Crippen LogP contribution in [0.3, 0.4) is 0 Å². The van der Waals surface area contributed by atoms with Crippen molar-refractivity contribution in [2.45, 2.75) is 19.9 Å². The first kappa shape index (κ1) is 13.1. The zero-order chi connectivity index (χ0) is 14.0. The Hall–Kier alpha value is -2.30. The lowest BCUT2D eigenvalue weighted by Gasteiger charge is -2.09. The molecule has 1 amide bonds. The maximum absolute atomic E-state index is 12.2. The molecule has 0 aliphatic carbocycles. The molecule has 1 aromatic heterocycles. The number of benzene rings is 1. The smallest absolute Gasteiger partial charge is 0.348 e. The molecular weight excluding hydrogens is 244 g/mol. The number of amides is 1. The zero-order valence-electron chi connectivity index (χ0n) is 11.1. The zero-order valence-corrected chi connectivity index (χ0v) is 11.1. The molecule has 2 aromatic rings. The summed E-state index contributed by atoms with van der Waals surface area (Å²) in [6, 6.07) is 9.01. The third kappa shape index (κ3) is 2.59. The van der Waals surface area contributed by atoms with Gasteiger partial charge in [-0.3, -0.25) is 4.79 Å². The standard InChI is InChI=1S/C14H16N2O3/c1-9(2)15-13(17)12-11(14(18)19-16(12)3)10-7-5-4-6-8-10/h4-9H,1-3H3,(H,15,17).